The highest BCUT2D eigenvalue weighted by atomic mass is 19.1. The fourth-order valence-electron chi connectivity index (χ4n) is 4.72. The number of hydrogen-bond acceptors (Lipinski definition) is 5. The van der Waals surface area contributed by atoms with Crippen molar-refractivity contribution in [2.24, 2.45) is 0 Å². The van der Waals surface area contributed by atoms with Gasteiger partial charge in [-0.05, 0) is 49.7 Å². The molecule has 196 valence electrons. The Morgan fingerprint density at radius 2 is 1.68 bits per heavy atom. The summed E-state index contributed by atoms with van der Waals surface area (Å²) in [6.45, 7) is 6.03. The molecule has 2 aliphatic heterocycles. The van der Waals surface area contributed by atoms with Crippen molar-refractivity contribution in [3.8, 4) is 0 Å². The minimum absolute atomic E-state index is 0.145. The van der Waals surface area contributed by atoms with Gasteiger partial charge in [-0.25, -0.2) is 18.4 Å². The van der Waals surface area contributed by atoms with Crippen molar-refractivity contribution in [1.82, 2.24) is 20.0 Å². The van der Waals surface area contributed by atoms with Gasteiger partial charge in [-0.2, -0.15) is 0 Å². The Balaban J connectivity index is 1.59. The lowest BCUT2D eigenvalue weighted by molar-refractivity contribution is -0.139. The maximum Gasteiger partial charge on any atom is 0.338 e. The molecule has 10 heteroatoms. The van der Waals surface area contributed by atoms with Gasteiger partial charge in [0.15, 0.2) is 0 Å². The summed E-state index contributed by atoms with van der Waals surface area (Å²) in [6.07, 6.45) is 0. The minimum atomic E-state index is -0.865. The van der Waals surface area contributed by atoms with Crippen molar-refractivity contribution < 1.29 is 27.9 Å². The lowest BCUT2D eigenvalue weighted by Gasteiger charge is -2.40. The summed E-state index contributed by atoms with van der Waals surface area (Å²) in [5.41, 5.74) is 1.48. The first-order valence-electron chi connectivity index (χ1n) is 12.3. The van der Waals surface area contributed by atoms with E-state index in [0.29, 0.717) is 49.5 Å². The van der Waals surface area contributed by atoms with Crippen LogP contribution in [0.2, 0.25) is 0 Å². The molecule has 0 aliphatic carbocycles. The predicted molar refractivity (Wildman–Crippen MR) is 132 cm³/mol. The molecule has 4 rings (SSSR count). The van der Waals surface area contributed by atoms with E-state index in [1.807, 2.05) is 4.90 Å². The Kier molecular flexibility index (Phi) is 8.17. The molecule has 1 fully saturated rings. The Hall–Kier alpha value is -3.79. The standard InChI is InChI=1S/C27H30F2N4O4/c1-3-33-22(17-31-11-13-32(14-12-31)25(34)19-8-6-10-21(29)16-19)23(26(35)37-4-2)24(30-27(33)36)18-7-5-9-20(28)15-18/h5-10,15-16,24H,3-4,11-14,17H2,1-2H3,(H,30,36). The van der Waals surface area contributed by atoms with Gasteiger partial charge in [0.2, 0.25) is 0 Å². The van der Waals surface area contributed by atoms with Crippen molar-refractivity contribution in [3.05, 3.63) is 82.6 Å². The molecule has 0 bridgehead atoms. The van der Waals surface area contributed by atoms with Crippen LogP contribution in [-0.4, -0.2) is 78.5 Å². The normalized spacial score (nSPS) is 18.6. The van der Waals surface area contributed by atoms with Crippen molar-refractivity contribution >= 4 is 17.9 Å². The average Bonchev–Trinajstić information content (AvgIpc) is 2.88. The number of hydrogen-bond donors (Lipinski definition) is 1. The second-order valence-electron chi connectivity index (χ2n) is 8.84. The van der Waals surface area contributed by atoms with E-state index >= 15 is 0 Å². The van der Waals surface area contributed by atoms with E-state index in [4.69, 9.17) is 4.74 Å². The summed E-state index contributed by atoms with van der Waals surface area (Å²) in [4.78, 5) is 44.2. The van der Waals surface area contributed by atoms with Gasteiger partial charge in [0.05, 0.1) is 18.2 Å². The first kappa shape index (κ1) is 26.3. The van der Waals surface area contributed by atoms with E-state index in [9.17, 15) is 23.2 Å². The van der Waals surface area contributed by atoms with Gasteiger partial charge in [0.1, 0.15) is 11.6 Å². The molecule has 2 aromatic carbocycles. The third-order valence-corrected chi connectivity index (χ3v) is 6.54. The first-order valence-corrected chi connectivity index (χ1v) is 12.3. The third kappa shape index (κ3) is 5.80. The molecule has 1 unspecified atom stereocenters. The maximum absolute atomic E-state index is 14.0. The summed E-state index contributed by atoms with van der Waals surface area (Å²) >= 11 is 0. The largest absolute Gasteiger partial charge is 0.463 e. The highest BCUT2D eigenvalue weighted by molar-refractivity contribution is 5.95. The summed E-state index contributed by atoms with van der Waals surface area (Å²) in [7, 11) is 0. The number of benzene rings is 2. The molecule has 0 radical (unpaired) electrons. The van der Waals surface area contributed by atoms with E-state index in [1.165, 1.54) is 41.3 Å². The Morgan fingerprint density at radius 1 is 1.00 bits per heavy atom. The Morgan fingerprint density at radius 3 is 2.30 bits per heavy atom. The number of carbonyl (C=O) groups excluding carboxylic acids is 3. The molecule has 37 heavy (non-hydrogen) atoms. The number of amides is 3. The molecule has 1 atom stereocenters. The summed E-state index contributed by atoms with van der Waals surface area (Å²) in [5, 5.41) is 2.82. The molecule has 1 N–H and O–H groups in total. The van der Waals surface area contributed by atoms with Crippen LogP contribution in [0.4, 0.5) is 13.6 Å². The number of rotatable bonds is 7. The highest BCUT2D eigenvalue weighted by Crippen LogP contribution is 2.32. The van der Waals surface area contributed by atoms with Crippen LogP contribution in [0, 0.1) is 11.6 Å². The maximum atomic E-state index is 14.0. The van der Waals surface area contributed by atoms with E-state index in [-0.39, 0.29) is 30.7 Å². The number of halogens is 2. The van der Waals surface area contributed by atoms with Gasteiger partial charge in [0, 0.05) is 50.5 Å². The molecule has 0 saturated carbocycles. The minimum Gasteiger partial charge on any atom is -0.463 e. The molecule has 1 saturated heterocycles. The predicted octanol–water partition coefficient (Wildman–Crippen LogP) is 3.33. The van der Waals surface area contributed by atoms with Gasteiger partial charge in [-0.1, -0.05) is 18.2 Å². The molecule has 2 aromatic rings. The fourth-order valence-corrected chi connectivity index (χ4v) is 4.72. The van der Waals surface area contributed by atoms with Crippen LogP contribution >= 0.6 is 0 Å². The van der Waals surface area contributed by atoms with Crippen LogP contribution in [0.15, 0.2) is 59.8 Å². The van der Waals surface area contributed by atoms with Crippen molar-refractivity contribution in [2.45, 2.75) is 19.9 Å². The zero-order valence-electron chi connectivity index (χ0n) is 20.9. The lowest BCUT2D eigenvalue weighted by atomic mass is 9.94. The van der Waals surface area contributed by atoms with Crippen molar-refractivity contribution in [2.75, 3.05) is 45.9 Å². The van der Waals surface area contributed by atoms with Gasteiger partial charge in [-0.15, -0.1) is 0 Å². The van der Waals surface area contributed by atoms with Gasteiger partial charge < -0.3 is 15.0 Å². The van der Waals surface area contributed by atoms with Crippen LogP contribution in [-0.2, 0) is 9.53 Å². The Labute approximate surface area is 214 Å². The number of likely N-dealkylation sites (N-methyl/N-ethyl adjacent to an activating group) is 1. The summed E-state index contributed by atoms with van der Waals surface area (Å²) in [5.74, 6) is -1.77. The molecule has 0 spiro atoms. The topological polar surface area (TPSA) is 82.2 Å². The molecular weight excluding hydrogens is 482 g/mol. The smallest absolute Gasteiger partial charge is 0.338 e. The van der Waals surface area contributed by atoms with E-state index in [1.54, 1.807) is 30.9 Å². The van der Waals surface area contributed by atoms with Crippen LogP contribution < -0.4 is 5.32 Å². The van der Waals surface area contributed by atoms with Crippen LogP contribution in [0.25, 0.3) is 0 Å². The number of piperazine rings is 1. The van der Waals surface area contributed by atoms with E-state index in [0.717, 1.165) is 0 Å². The lowest BCUT2D eigenvalue weighted by Crippen LogP contribution is -2.53. The number of urea groups is 1. The molecule has 3 amide bonds. The van der Waals surface area contributed by atoms with Crippen molar-refractivity contribution in [1.29, 1.82) is 0 Å². The second kappa shape index (κ2) is 11.5. The SMILES string of the molecule is CCOC(=O)C1=C(CN2CCN(C(=O)c3cccc(F)c3)CC2)N(CC)C(=O)NC1c1cccc(F)c1. The molecule has 2 aliphatic rings. The number of ether oxygens (including phenoxy) is 1. The average molecular weight is 513 g/mol. The number of carbonyl (C=O) groups is 3. The van der Waals surface area contributed by atoms with Gasteiger partial charge in [-0.3, -0.25) is 14.6 Å². The number of esters is 1. The second-order valence-corrected chi connectivity index (χ2v) is 8.84. The third-order valence-electron chi connectivity index (χ3n) is 6.54. The van der Waals surface area contributed by atoms with Gasteiger partial charge >= 0.3 is 12.0 Å². The zero-order valence-corrected chi connectivity index (χ0v) is 20.9. The first-order chi connectivity index (χ1) is 17.8. The van der Waals surface area contributed by atoms with E-state index < -0.39 is 23.6 Å². The zero-order chi connectivity index (χ0) is 26.5. The van der Waals surface area contributed by atoms with Gasteiger partial charge in [0.25, 0.3) is 5.91 Å². The Bertz CT molecular complexity index is 1210. The highest BCUT2D eigenvalue weighted by Gasteiger charge is 2.38. The monoisotopic (exact) mass is 512 g/mol. The van der Waals surface area contributed by atoms with Crippen LogP contribution in [0.1, 0.15) is 35.8 Å². The number of nitrogens with one attached hydrogen (secondary N) is 1. The van der Waals surface area contributed by atoms with Crippen LogP contribution in [0.5, 0.6) is 0 Å². The summed E-state index contributed by atoms with van der Waals surface area (Å²) in [6, 6.07) is 10.1. The van der Waals surface area contributed by atoms with Crippen LogP contribution in [0.3, 0.4) is 0 Å². The summed E-state index contributed by atoms with van der Waals surface area (Å²) < 4.78 is 33.0. The number of nitrogens with zero attached hydrogens (tertiary/aromatic N) is 3. The quantitative estimate of drug-likeness (QED) is 0.576. The molecule has 8 nitrogen and oxygen atoms in total. The van der Waals surface area contributed by atoms with Crippen molar-refractivity contribution in [3.63, 3.8) is 0 Å². The molecular formula is C27H30F2N4O4. The molecule has 2 heterocycles. The van der Waals surface area contributed by atoms with E-state index in [2.05, 4.69) is 5.32 Å². The molecule has 0 aromatic heterocycles. The fraction of sp³-hybridized carbons (Fsp3) is 0.370.